The second kappa shape index (κ2) is 7.35. The first-order valence-electron chi connectivity index (χ1n) is 9.12. The zero-order valence-corrected chi connectivity index (χ0v) is 14.8. The number of pyridine rings is 1. The summed E-state index contributed by atoms with van der Waals surface area (Å²) in [5, 5.41) is 0. The lowest BCUT2D eigenvalue weighted by Gasteiger charge is -2.36. The van der Waals surface area contributed by atoms with E-state index in [0.29, 0.717) is 5.88 Å². The standard InChI is InChI=1S/C19H25N5O/c1-25-18-7-6-15(12-20-18)13-23-8-10-24(11-9-23)19-16-4-2-3-5-17(16)21-14-22-19/h6-7,12,14H,2-5,8-11,13H2,1H3. The van der Waals surface area contributed by atoms with E-state index in [1.807, 2.05) is 12.3 Å². The number of ether oxygens (including phenoxy) is 1. The van der Waals surface area contributed by atoms with Gasteiger partial charge in [0.15, 0.2) is 0 Å². The molecule has 1 fully saturated rings. The number of methoxy groups -OCH3 is 1. The fourth-order valence-electron chi connectivity index (χ4n) is 3.78. The molecule has 6 heteroatoms. The molecule has 2 aromatic heterocycles. The Labute approximate surface area is 148 Å². The van der Waals surface area contributed by atoms with Crippen molar-refractivity contribution in [1.82, 2.24) is 19.9 Å². The Morgan fingerprint density at radius 3 is 2.60 bits per heavy atom. The predicted molar refractivity (Wildman–Crippen MR) is 97.0 cm³/mol. The first-order valence-corrected chi connectivity index (χ1v) is 9.12. The van der Waals surface area contributed by atoms with Crippen LogP contribution >= 0.6 is 0 Å². The second-order valence-electron chi connectivity index (χ2n) is 6.80. The van der Waals surface area contributed by atoms with Crippen LogP contribution < -0.4 is 9.64 Å². The van der Waals surface area contributed by atoms with Crippen molar-refractivity contribution in [3.8, 4) is 5.88 Å². The molecule has 2 aromatic rings. The maximum atomic E-state index is 5.12. The van der Waals surface area contributed by atoms with Crippen LogP contribution in [0, 0.1) is 0 Å². The van der Waals surface area contributed by atoms with Crippen LogP contribution in [0.4, 0.5) is 5.82 Å². The Bertz CT molecular complexity index is 710. The Morgan fingerprint density at radius 2 is 1.84 bits per heavy atom. The summed E-state index contributed by atoms with van der Waals surface area (Å²) in [6.45, 7) is 5.07. The molecule has 0 N–H and O–H groups in total. The van der Waals surface area contributed by atoms with Gasteiger partial charge in [0.25, 0.3) is 0 Å². The van der Waals surface area contributed by atoms with Gasteiger partial charge in [0.1, 0.15) is 12.1 Å². The van der Waals surface area contributed by atoms with E-state index in [-0.39, 0.29) is 0 Å². The minimum Gasteiger partial charge on any atom is -0.481 e. The van der Waals surface area contributed by atoms with E-state index in [1.165, 1.54) is 35.5 Å². The molecule has 2 aliphatic rings. The Balaban J connectivity index is 1.38. The molecule has 0 atom stereocenters. The normalized spacial score (nSPS) is 18.0. The third-order valence-corrected chi connectivity index (χ3v) is 5.19. The van der Waals surface area contributed by atoms with E-state index in [1.54, 1.807) is 13.4 Å². The fourth-order valence-corrected chi connectivity index (χ4v) is 3.78. The van der Waals surface area contributed by atoms with Crippen LogP contribution in [0.5, 0.6) is 5.88 Å². The molecule has 6 nitrogen and oxygen atoms in total. The van der Waals surface area contributed by atoms with Crippen LogP contribution in [0.25, 0.3) is 0 Å². The Kier molecular flexibility index (Phi) is 4.78. The molecule has 3 heterocycles. The van der Waals surface area contributed by atoms with E-state index < -0.39 is 0 Å². The molecule has 0 radical (unpaired) electrons. The average molecular weight is 339 g/mol. The van der Waals surface area contributed by atoms with Crippen molar-refractivity contribution in [3.05, 3.63) is 41.5 Å². The van der Waals surface area contributed by atoms with E-state index in [0.717, 1.165) is 45.6 Å². The van der Waals surface area contributed by atoms with Gasteiger partial charge in [0.05, 0.1) is 7.11 Å². The highest BCUT2D eigenvalue weighted by Crippen LogP contribution is 2.27. The molecule has 0 saturated carbocycles. The quantitative estimate of drug-likeness (QED) is 0.850. The second-order valence-corrected chi connectivity index (χ2v) is 6.80. The number of anilines is 1. The van der Waals surface area contributed by atoms with Crippen LogP contribution in [-0.2, 0) is 19.4 Å². The SMILES string of the molecule is COc1ccc(CN2CCN(c3ncnc4c3CCCC4)CC2)cn1. The van der Waals surface area contributed by atoms with Gasteiger partial charge in [-0.3, -0.25) is 4.90 Å². The molecule has 0 bridgehead atoms. The highest BCUT2D eigenvalue weighted by Gasteiger charge is 2.23. The molecule has 132 valence electrons. The summed E-state index contributed by atoms with van der Waals surface area (Å²) in [6, 6.07) is 4.03. The van der Waals surface area contributed by atoms with Crippen molar-refractivity contribution < 1.29 is 4.74 Å². The van der Waals surface area contributed by atoms with Crippen molar-refractivity contribution in [1.29, 1.82) is 0 Å². The zero-order valence-electron chi connectivity index (χ0n) is 14.8. The van der Waals surface area contributed by atoms with Crippen LogP contribution in [0.2, 0.25) is 0 Å². The largest absolute Gasteiger partial charge is 0.481 e. The summed E-state index contributed by atoms with van der Waals surface area (Å²) < 4.78 is 5.12. The van der Waals surface area contributed by atoms with E-state index in [9.17, 15) is 0 Å². The van der Waals surface area contributed by atoms with Gasteiger partial charge in [-0.1, -0.05) is 6.07 Å². The summed E-state index contributed by atoms with van der Waals surface area (Å²) in [7, 11) is 1.65. The van der Waals surface area contributed by atoms with Crippen LogP contribution in [0.15, 0.2) is 24.7 Å². The van der Waals surface area contributed by atoms with Crippen LogP contribution in [-0.4, -0.2) is 53.1 Å². The summed E-state index contributed by atoms with van der Waals surface area (Å²) in [5.41, 5.74) is 3.89. The van der Waals surface area contributed by atoms with E-state index >= 15 is 0 Å². The number of fused-ring (bicyclic) bond motifs is 1. The molecule has 4 rings (SSSR count). The number of piperazine rings is 1. The molecule has 0 aromatic carbocycles. The van der Waals surface area contributed by atoms with Gasteiger partial charge in [-0.05, 0) is 31.2 Å². The minimum absolute atomic E-state index is 0.669. The lowest BCUT2D eigenvalue weighted by molar-refractivity contribution is 0.248. The van der Waals surface area contributed by atoms with Gasteiger partial charge in [-0.25, -0.2) is 15.0 Å². The molecule has 0 unspecified atom stereocenters. The molecular formula is C19H25N5O. The van der Waals surface area contributed by atoms with E-state index in [4.69, 9.17) is 4.74 Å². The monoisotopic (exact) mass is 339 g/mol. The van der Waals surface area contributed by atoms with Crippen molar-refractivity contribution in [2.45, 2.75) is 32.2 Å². The predicted octanol–water partition coefficient (Wildman–Crippen LogP) is 2.08. The zero-order chi connectivity index (χ0) is 17.1. The number of aromatic nitrogens is 3. The van der Waals surface area contributed by atoms with Gasteiger partial charge in [0.2, 0.25) is 5.88 Å². The first kappa shape index (κ1) is 16.3. The lowest BCUT2D eigenvalue weighted by Crippen LogP contribution is -2.46. The average Bonchev–Trinajstić information content (AvgIpc) is 2.69. The summed E-state index contributed by atoms with van der Waals surface area (Å²) in [6.07, 6.45) is 8.41. The molecular weight excluding hydrogens is 314 g/mol. The van der Waals surface area contributed by atoms with Crippen LogP contribution in [0.3, 0.4) is 0 Å². The van der Waals surface area contributed by atoms with Gasteiger partial charge < -0.3 is 9.64 Å². The van der Waals surface area contributed by atoms with Crippen molar-refractivity contribution in [2.24, 2.45) is 0 Å². The van der Waals surface area contributed by atoms with Crippen LogP contribution in [0.1, 0.15) is 29.7 Å². The fraction of sp³-hybridized carbons (Fsp3) is 0.526. The maximum Gasteiger partial charge on any atom is 0.212 e. The highest BCUT2D eigenvalue weighted by molar-refractivity contribution is 5.50. The topological polar surface area (TPSA) is 54.4 Å². The maximum absolute atomic E-state index is 5.12. The number of rotatable bonds is 4. The van der Waals surface area contributed by atoms with E-state index in [2.05, 4.69) is 30.8 Å². The van der Waals surface area contributed by atoms with Gasteiger partial charge >= 0.3 is 0 Å². The van der Waals surface area contributed by atoms with Crippen molar-refractivity contribution in [3.63, 3.8) is 0 Å². The van der Waals surface area contributed by atoms with Crippen molar-refractivity contribution in [2.75, 3.05) is 38.2 Å². The number of hydrogen-bond donors (Lipinski definition) is 0. The molecule has 1 aliphatic heterocycles. The summed E-state index contributed by atoms with van der Waals surface area (Å²) >= 11 is 0. The Hall–Kier alpha value is -2.21. The molecule has 0 amide bonds. The van der Waals surface area contributed by atoms with Gasteiger partial charge in [-0.15, -0.1) is 0 Å². The van der Waals surface area contributed by atoms with Gasteiger partial charge in [0, 0.05) is 56.2 Å². The van der Waals surface area contributed by atoms with Gasteiger partial charge in [-0.2, -0.15) is 0 Å². The molecule has 0 spiro atoms. The highest BCUT2D eigenvalue weighted by atomic mass is 16.5. The molecule has 25 heavy (non-hydrogen) atoms. The summed E-state index contributed by atoms with van der Waals surface area (Å²) in [4.78, 5) is 18.3. The third kappa shape index (κ3) is 3.58. The lowest BCUT2D eigenvalue weighted by atomic mass is 9.96. The molecule has 1 aliphatic carbocycles. The summed E-state index contributed by atoms with van der Waals surface area (Å²) in [5.74, 6) is 1.84. The number of hydrogen-bond acceptors (Lipinski definition) is 6. The minimum atomic E-state index is 0.669. The number of nitrogens with zero attached hydrogens (tertiary/aromatic N) is 5. The number of aryl methyl sites for hydroxylation is 1. The molecule has 1 saturated heterocycles. The van der Waals surface area contributed by atoms with Crippen molar-refractivity contribution >= 4 is 5.82 Å². The first-order chi connectivity index (χ1) is 12.3. The smallest absolute Gasteiger partial charge is 0.212 e. The Morgan fingerprint density at radius 1 is 1.00 bits per heavy atom. The third-order valence-electron chi connectivity index (χ3n) is 5.19.